The van der Waals surface area contributed by atoms with E-state index in [0.717, 1.165) is 12.1 Å². The average Bonchev–Trinajstić information content (AvgIpc) is 2.53. The fourth-order valence-corrected chi connectivity index (χ4v) is 0.974. The van der Waals surface area contributed by atoms with E-state index in [1.807, 2.05) is 13.1 Å². The minimum absolute atomic E-state index is 0.241. The fraction of sp³-hybridized carbons (Fsp3) is 0.444. The summed E-state index contributed by atoms with van der Waals surface area (Å²) in [4.78, 5) is 11.2. The minimum atomic E-state index is 0.241. The molecule has 66 valence electrons. The molecule has 0 saturated carbocycles. The molecule has 0 atom stereocenters. The first-order valence-electron chi connectivity index (χ1n) is 4.00. The van der Waals surface area contributed by atoms with Crippen molar-refractivity contribution in [1.82, 2.24) is 5.32 Å². The topological polar surface area (TPSA) is 42.2 Å². The van der Waals surface area contributed by atoms with E-state index in [1.165, 1.54) is 0 Å². The quantitative estimate of drug-likeness (QED) is 0.711. The molecule has 1 heterocycles. The molecule has 12 heavy (non-hydrogen) atoms. The Morgan fingerprint density at radius 1 is 1.67 bits per heavy atom. The number of hydrogen-bond acceptors (Lipinski definition) is 3. The zero-order valence-electron chi connectivity index (χ0n) is 7.17. The first-order chi connectivity index (χ1) is 5.83. The molecule has 0 aliphatic carbocycles. The molecule has 0 aliphatic rings. The van der Waals surface area contributed by atoms with Crippen molar-refractivity contribution in [1.29, 1.82) is 0 Å². The molecule has 0 fully saturated rings. The van der Waals surface area contributed by atoms with Crippen molar-refractivity contribution in [2.24, 2.45) is 0 Å². The molecular weight excluding hydrogens is 154 g/mol. The van der Waals surface area contributed by atoms with Gasteiger partial charge in [-0.2, -0.15) is 0 Å². The Bertz CT molecular complexity index is 229. The third kappa shape index (κ3) is 2.88. The van der Waals surface area contributed by atoms with Crippen molar-refractivity contribution in [2.75, 3.05) is 13.6 Å². The second-order valence-electron chi connectivity index (χ2n) is 2.70. The van der Waals surface area contributed by atoms with Crippen LogP contribution in [0.3, 0.4) is 0 Å². The van der Waals surface area contributed by atoms with E-state index in [1.54, 1.807) is 12.5 Å². The van der Waals surface area contributed by atoms with Crippen LogP contribution in [0, 0.1) is 0 Å². The van der Waals surface area contributed by atoms with Crippen LogP contribution in [-0.2, 0) is 11.2 Å². The lowest BCUT2D eigenvalue weighted by atomic mass is 10.1. The third-order valence-electron chi connectivity index (χ3n) is 1.64. The Balaban J connectivity index is 2.27. The van der Waals surface area contributed by atoms with Gasteiger partial charge in [0.15, 0.2) is 0 Å². The number of rotatable bonds is 5. The van der Waals surface area contributed by atoms with Gasteiger partial charge in [0.1, 0.15) is 5.78 Å². The Hall–Kier alpha value is -1.09. The predicted molar refractivity (Wildman–Crippen MR) is 46.0 cm³/mol. The monoisotopic (exact) mass is 167 g/mol. The second-order valence-corrected chi connectivity index (χ2v) is 2.70. The highest BCUT2D eigenvalue weighted by Gasteiger charge is 2.03. The van der Waals surface area contributed by atoms with Crippen LogP contribution in [0.1, 0.15) is 12.0 Å². The Morgan fingerprint density at radius 2 is 2.50 bits per heavy atom. The van der Waals surface area contributed by atoms with E-state index in [2.05, 4.69) is 5.32 Å². The standard InChI is InChI=1S/C9H13NO2/c1-10-4-2-9(11)6-8-3-5-12-7-8/h3,5,7,10H,2,4,6H2,1H3. The molecule has 3 heteroatoms. The molecule has 3 nitrogen and oxygen atoms in total. The summed E-state index contributed by atoms with van der Waals surface area (Å²) in [6.45, 7) is 0.747. The highest BCUT2D eigenvalue weighted by Crippen LogP contribution is 2.02. The van der Waals surface area contributed by atoms with Crippen molar-refractivity contribution in [3.63, 3.8) is 0 Å². The molecule has 0 aromatic carbocycles. The highest BCUT2D eigenvalue weighted by atomic mass is 16.3. The molecule has 0 unspecified atom stereocenters. The van der Waals surface area contributed by atoms with Crippen LogP contribution in [-0.4, -0.2) is 19.4 Å². The van der Waals surface area contributed by atoms with Gasteiger partial charge >= 0.3 is 0 Å². The fourth-order valence-electron chi connectivity index (χ4n) is 0.974. The van der Waals surface area contributed by atoms with E-state index >= 15 is 0 Å². The summed E-state index contributed by atoms with van der Waals surface area (Å²) in [5.41, 5.74) is 0.955. The van der Waals surface area contributed by atoms with Crippen molar-refractivity contribution < 1.29 is 9.21 Å². The lowest BCUT2D eigenvalue weighted by Crippen LogP contribution is -2.14. The van der Waals surface area contributed by atoms with Crippen molar-refractivity contribution in [3.05, 3.63) is 24.2 Å². The van der Waals surface area contributed by atoms with Gasteiger partial charge in [-0.1, -0.05) is 0 Å². The number of ketones is 1. The van der Waals surface area contributed by atoms with Crippen LogP contribution in [0.2, 0.25) is 0 Å². The maximum absolute atomic E-state index is 11.2. The van der Waals surface area contributed by atoms with Gasteiger partial charge in [0, 0.05) is 19.4 Å². The molecule has 0 radical (unpaired) electrons. The predicted octanol–water partition coefficient (Wildman–Crippen LogP) is 1.00. The zero-order chi connectivity index (χ0) is 8.81. The van der Waals surface area contributed by atoms with Crippen LogP contribution in [0.25, 0.3) is 0 Å². The Labute approximate surface area is 71.8 Å². The first-order valence-corrected chi connectivity index (χ1v) is 4.00. The van der Waals surface area contributed by atoms with E-state index in [4.69, 9.17) is 4.42 Å². The van der Waals surface area contributed by atoms with E-state index < -0.39 is 0 Å². The molecule has 1 N–H and O–H groups in total. The number of carbonyl (C=O) groups is 1. The molecule has 0 spiro atoms. The normalized spacial score (nSPS) is 10.1. The van der Waals surface area contributed by atoms with Crippen LogP contribution >= 0.6 is 0 Å². The maximum Gasteiger partial charge on any atom is 0.138 e. The Kier molecular flexibility index (Phi) is 3.54. The summed E-state index contributed by atoms with van der Waals surface area (Å²) in [7, 11) is 1.84. The van der Waals surface area contributed by atoms with Crippen molar-refractivity contribution >= 4 is 5.78 Å². The number of furan rings is 1. The third-order valence-corrected chi connectivity index (χ3v) is 1.64. The summed E-state index contributed by atoms with van der Waals surface area (Å²) in [6.07, 6.45) is 4.26. The van der Waals surface area contributed by atoms with Gasteiger partial charge in [-0.05, 0) is 18.7 Å². The molecule has 0 aliphatic heterocycles. The molecule has 0 amide bonds. The molecule has 1 aromatic heterocycles. The van der Waals surface area contributed by atoms with E-state index in [-0.39, 0.29) is 5.78 Å². The first kappa shape index (κ1) is 9.00. The summed E-state index contributed by atoms with van der Waals surface area (Å²) in [5.74, 6) is 0.241. The largest absolute Gasteiger partial charge is 0.472 e. The maximum atomic E-state index is 11.2. The number of nitrogens with one attached hydrogen (secondary N) is 1. The van der Waals surface area contributed by atoms with Crippen LogP contribution in [0.4, 0.5) is 0 Å². The lowest BCUT2D eigenvalue weighted by Gasteiger charge is -1.96. The summed E-state index contributed by atoms with van der Waals surface area (Å²) in [5, 5.41) is 2.93. The van der Waals surface area contributed by atoms with Crippen LogP contribution in [0.15, 0.2) is 23.0 Å². The highest BCUT2D eigenvalue weighted by molar-refractivity contribution is 5.80. The van der Waals surface area contributed by atoms with Crippen molar-refractivity contribution in [3.8, 4) is 0 Å². The van der Waals surface area contributed by atoms with E-state index in [0.29, 0.717) is 12.8 Å². The molecule has 1 rings (SSSR count). The van der Waals surface area contributed by atoms with E-state index in [9.17, 15) is 4.79 Å². The average molecular weight is 167 g/mol. The SMILES string of the molecule is CNCCC(=O)Cc1ccoc1. The van der Waals surface area contributed by atoms with Gasteiger partial charge in [-0.3, -0.25) is 4.79 Å². The molecular formula is C9H13NO2. The Morgan fingerprint density at radius 3 is 3.08 bits per heavy atom. The molecule has 0 bridgehead atoms. The smallest absolute Gasteiger partial charge is 0.138 e. The van der Waals surface area contributed by atoms with Crippen molar-refractivity contribution in [2.45, 2.75) is 12.8 Å². The second kappa shape index (κ2) is 4.72. The van der Waals surface area contributed by atoms with Crippen LogP contribution in [0.5, 0.6) is 0 Å². The van der Waals surface area contributed by atoms with Gasteiger partial charge < -0.3 is 9.73 Å². The number of hydrogen-bond donors (Lipinski definition) is 1. The number of carbonyl (C=O) groups excluding carboxylic acids is 1. The summed E-state index contributed by atoms with van der Waals surface area (Å²) >= 11 is 0. The van der Waals surface area contributed by atoms with Gasteiger partial charge in [0.2, 0.25) is 0 Å². The number of Topliss-reactive ketones (excluding diaryl/α,β-unsaturated/α-hetero) is 1. The van der Waals surface area contributed by atoms with Gasteiger partial charge in [-0.15, -0.1) is 0 Å². The summed E-state index contributed by atoms with van der Waals surface area (Å²) in [6, 6.07) is 1.82. The van der Waals surface area contributed by atoms with Gasteiger partial charge in [-0.25, -0.2) is 0 Å². The van der Waals surface area contributed by atoms with Crippen LogP contribution < -0.4 is 5.32 Å². The zero-order valence-corrected chi connectivity index (χ0v) is 7.17. The summed E-state index contributed by atoms with van der Waals surface area (Å²) < 4.78 is 4.85. The minimum Gasteiger partial charge on any atom is -0.472 e. The van der Waals surface area contributed by atoms with Gasteiger partial charge in [0.05, 0.1) is 12.5 Å². The molecule has 0 saturated heterocycles. The van der Waals surface area contributed by atoms with Gasteiger partial charge in [0.25, 0.3) is 0 Å². The molecule has 1 aromatic rings. The lowest BCUT2D eigenvalue weighted by molar-refractivity contribution is -0.118.